The number of hydrogen-bond donors (Lipinski definition) is 3. The first kappa shape index (κ1) is 16.7. The Morgan fingerprint density at radius 2 is 2.22 bits per heavy atom. The maximum absolute atomic E-state index is 12.0. The number of likely N-dealkylation sites (tertiary alicyclic amines) is 1. The molecule has 0 bridgehead atoms. The van der Waals surface area contributed by atoms with Gasteiger partial charge < -0.3 is 20.6 Å². The number of thiophene rings is 1. The second-order valence-corrected chi connectivity index (χ2v) is 7.60. The highest BCUT2D eigenvalue weighted by atomic mass is 32.1. The summed E-state index contributed by atoms with van der Waals surface area (Å²) in [4.78, 5) is 14.5. The summed E-state index contributed by atoms with van der Waals surface area (Å²) in [6.45, 7) is 3.48. The molecule has 1 aromatic heterocycles. The van der Waals surface area contributed by atoms with E-state index in [0.717, 1.165) is 31.0 Å². The first-order valence-electron chi connectivity index (χ1n) is 8.67. The van der Waals surface area contributed by atoms with Crippen molar-refractivity contribution in [3.8, 4) is 0 Å². The van der Waals surface area contributed by atoms with Gasteiger partial charge in [-0.15, -0.1) is 0 Å². The SMILES string of the molecule is O=C(NC[C@@H](O)c1ccsc1)N[C@H]1CCN(CC2CCCC2)C1. The van der Waals surface area contributed by atoms with Crippen molar-refractivity contribution in [3.05, 3.63) is 22.4 Å². The van der Waals surface area contributed by atoms with Gasteiger partial charge in [0, 0.05) is 32.2 Å². The van der Waals surface area contributed by atoms with Crippen molar-refractivity contribution in [3.63, 3.8) is 0 Å². The molecule has 1 saturated carbocycles. The molecule has 2 amide bonds. The lowest BCUT2D eigenvalue weighted by molar-refractivity contribution is 0.173. The number of carbonyl (C=O) groups excluding carboxylic acids is 1. The lowest BCUT2D eigenvalue weighted by atomic mass is 10.1. The third kappa shape index (κ3) is 4.93. The number of amides is 2. The van der Waals surface area contributed by atoms with Gasteiger partial charge in [-0.05, 0) is 47.6 Å². The number of rotatable bonds is 6. The molecule has 23 heavy (non-hydrogen) atoms. The Bertz CT molecular complexity index is 488. The van der Waals surface area contributed by atoms with E-state index in [1.807, 2.05) is 16.8 Å². The van der Waals surface area contributed by atoms with Crippen LogP contribution >= 0.6 is 11.3 Å². The van der Waals surface area contributed by atoms with Gasteiger partial charge in [-0.1, -0.05) is 12.8 Å². The van der Waals surface area contributed by atoms with Crippen molar-refractivity contribution in [2.45, 2.75) is 44.2 Å². The molecule has 0 radical (unpaired) electrons. The number of carbonyl (C=O) groups is 1. The number of urea groups is 1. The number of nitrogens with one attached hydrogen (secondary N) is 2. The van der Waals surface area contributed by atoms with Crippen LogP contribution in [-0.2, 0) is 0 Å². The van der Waals surface area contributed by atoms with Crippen molar-refractivity contribution >= 4 is 17.4 Å². The molecular formula is C17H27N3O2S. The van der Waals surface area contributed by atoms with Crippen molar-refractivity contribution in [1.82, 2.24) is 15.5 Å². The Labute approximate surface area is 142 Å². The van der Waals surface area contributed by atoms with Gasteiger partial charge in [0.2, 0.25) is 0 Å². The topological polar surface area (TPSA) is 64.6 Å². The summed E-state index contributed by atoms with van der Waals surface area (Å²) in [5.41, 5.74) is 0.860. The molecule has 128 valence electrons. The molecule has 0 unspecified atom stereocenters. The zero-order chi connectivity index (χ0) is 16.1. The van der Waals surface area contributed by atoms with Crippen molar-refractivity contribution in [1.29, 1.82) is 0 Å². The first-order chi connectivity index (χ1) is 11.2. The Morgan fingerprint density at radius 1 is 1.39 bits per heavy atom. The molecule has 2 heterocycles. The third-order valence-corrected chi connectivity index (χ3v) is 5.68. The molecule has 6 heteroatoms. The number of aliphatic hydroxyl groups is 1. The van der Waals surface area contributed by atoms with E-state index in [1.54, 1.807) is 11.3 Å². The van der Waals surface area contributed by atoms with Crippen LogP contribution in [-0.4, -0.2) is 48.3 Å². The van der Waals surface area contributed by atoms with Gasteiger partial charge in [0.25, 0.3) is 0 Å². The Morgan fingerprint density at radius 3 is 2.96 bits per heavy atom. The van der Waals surface area contributed by atoms with Gasteiger partial charge in [-0.3, -0.25) is 0 Å². The van der Waals surface area contributed by atoms with Crippen LogP contribution in [0.15, 0.2) is 16.8 Å². The average Bonchev–Trinajstić information content (AvgIpc) is 3.28. The molecule has 1 aliphatic carbocycles. The maximum Gasteiger partial charge on any atom is 0.315 e. The molecule has 3 N–H and O–H groups in total. The van der Waals surface area contributed by atoms with Crippen LogP contribution in [0.5, 0.6) is 0 Å². The minimum Gasteiger partial charge on any atom is -0.387 e. The van der Waals surface area contributed by atoms with Crippen LogP contribution in [0, 0.1) is 5.92 Å². The highest BCUT2D eigenvalue weighted by molar-refractivity contribution is 7.07. The van der Waals surface area contributed by atoms with E-state index in [-0.39, 0.29) is 18.6 Å². The molecule has 2 fully saturated rings. The van der Waals surface area contributed by atoms with E-state index in [4.69, 9.17) is 0 Å². The second-order valence-electron chi connectivity index (χ2n) is 6.82. The zero-order valence-corrected chi connectivity index (χ0v) is 14.4. The zero-order valence-electron chi connectivity index (χ0n) is 13.5. The van der Waals surface area contributed by atoms with Gasteiger partial charge in [0.05, 0.1) is 6.10 Å². The summed E-state index contributed by atoms with van der Waals surface area (Å²) in [5, 5.41) is 19.6. The summed E-state index contributed by atoms with van der Waals surface area (Å²) in [5.74, 6) is 0.864. The molecule has 0 aromatic carbocycles. The van der Waals surface area contributed by atoms with E-state index in [2.05, 4.69) is 15.5 Å². The Balaban J connectivity index is 1.34. The predicted octanol–water partition coefficient (Wildman–Crippen LogP) is 2.35. The summed E-state index contributed by atoms with van der Waals surface area (Å²) in [6.07, 6.45) is 5.90. The highest BCUT2D eigenvalue weighted by Gasteiger charge is 2.26. The minimum atomic E-state index is -0.630. The standard InChI is InChI=1S/C17H27N3O2S/c21-16(14-6-8-23-12-14)9-18-17(22)19-15-5-7-20(11-15)10-13-3-1-2-4-13/h6,8,12-13,15-16,21H,1-5,7,9-11H2,(H2,18,19,22)/t15-,16+/m0/s1. The molecular weight excluding hydrogens is 310 g/mol. The lowest BCUT2D eigenvalue weighted by Gasteiger charge is -2.20. The summed E-state index contributed by atoms with van der Waals surface area (Å²) >= 11 is 1.55. The smallest absolute Gasteiger partial charge is 0.315 e. The van der Waals surface area contributed by atoms with Crippen LogP contribution in [0.25, 0.3) is 0 Å². The fourth-order valence-corrected chi connectivity index (χ4v) is 4.39. The van der Waals surface area contributed by atoms with Crippen LogP contribution < -0.4 is 10.6 Å². The van der Waals surface area contributed by atoms with Crippen molar-refractivity contribution in [2.24, 2.45) is 5.92 Å². The maximum atomic E-state index is 12.0. The van der Waals surface area contributed by atoms with Crippen LogP contribution in [0.1, 0.15) is 43.8 Å². The minimum absolute atomic E-state index is 0.174. The van der Waals surface area contributed by atoms with Gasteiger partial charge >= 0.3 is 6.03 Å². The van der Waals surface area contributed by atoms with Gasteiger partial charge in [0.1, 0.15) is 0 Å². The predicted molar refractivity (Wildman–Crippen MR) is 92.6 cm³/mol. The first-order valence-corrected chi connectivity index (χ1v) is 9.62. The van der Waals surface area contributed by atoms with Crippen molar-refractivity contribution in [2.75, 3.05) is 26.2 Å². The van der Waals surface area contributed by atoms with Crippen LogP contribution in [0.3, 0.4) is 0 Å². The monoisotopic (exact) mass is 337 g/mol. The van der Waals surface area contributed by atoms with E-state index < -0.39 is 6.10 Å². The molecule has 2 atom stereocenters. The number of aliphatic hydroxyl groups excluding tert-OH is 1. The van der Waals surface area contributed by atoms with E-state index in [9.17, 15) is 9.90 Å². The highest BCUT2D eigenvalue weighted by Crippen LogP contribution is 2.26. The average molecular weight is 337 g/mol. The Kier molecular flexibility index (Phi) is 5.91. The normalized spacial score (nSPS) is 24.0. The van der Waals surface area contributed by atoms with Gasteiger partial charge in [-0.2, -0.15) is 11.3 Å². The molecule has 5 nitrogen and oxygen atoms in total. The molecule has 1 aliphatic heterocycles. The third-order valence-electron chi connectivity index (χ3n) is 4.98. The van der Waals surface area contributed by atoms with Crippen LogP contribution in [0.2, 0.25) is 0 Å². The van der Waals surface area contributed by atoms with Crippen LogP contribution in [0.4, 0.5) is 4.79 Å². The summed E-state index contributed by atoms with van der Waals surface area (Å²) in [7, 11) is 0. The molecule has 3 rings (SSSR count). The van der Waals surface area contributed by atoms with Gasteiger partial charge in [-0.25, -0.2) is 4.79 Å². The lowest BCUT2D eigenvalue weighted by Crippen LogP contribution is -2.44. The van der Waals surface area contributed by atoms with E-state index >= 15 is 0 Å². The molecule has 1 saturated heterocycles. The quantitative estimate of drug-likeness (QED) is 0.746. The number of hydrogen-bond acceptors (Lipinski definition) is 4. The number of nitrogens with zero attached hydrogens (tertiary/aromatic N) is 1. The summed E-state index contributed by atoms with van der Waals surface area (Å²) in [6, 6.07) is 1.94. The fraction of sp³-hybridized carbons (Fsp3) is 0.706. The molecule has 1 aromatic rings. The summed E-state index contributed by atoms with van der Waals surface area (Å²) < 4.78 is 0. The largest absolute Gasteiger partial charge is 0.387 e. The van der Waals surface area contributed by atoms with E-state index in [0.29, 0.717) is 0 Å². The second kappa shape index (κ2) is 8.13. The fourth-order valence-electron chi connectivity index (χ4n) is 3.68. The van der Waals surface area contributed by atoms with Gasteiger partial charge in [0.15, 0.2) is 0 Å². The van der Waals surface area contributed by atoms with E-state index in [1.165, 1.54) is 32.2 Å². The molecule has 0 spiro atoms. The van der Waals surface area contributed by atoms with Crippen molar-refractivity contribution < 1.29 is 9.90 Å². The Hall–Kier alpha value is -1.11. The molecule has 2 aliphatic rings.